The van der Waals surface area contributed by atoms with Crippen molar-refractivity contribution >= 4 is 0 Å². The highest BCUT2D eigenvalue weighted by atomic mass is 15.1. The van der Waals surface area contributed by atoms with Crippen molar-refractivity contribution < 1.29 is 0 Å². The number of nitrogens with one attached hydrogen (secondary N) is 1. The van der Waals surface area contributed by atoms with E-state index in [1.807, 2.05) is 0 Å². The van der Waals surface area contributed by atoms with E-state index in [2.05, 4.69) is 38.2 Å². The van der Waals surface area contributed by atoms with E-state index in [4.69, 9.17) is 0 Å². The average Bonchev–Trinajstić information content (AvgIpc) is 2.78. The van der Waals surface area contributed by atoms with Crippen molar-refractivity contribution in [1.82, 2.24) is 10.2 Å². The molecule has 0 aromatic rings. The topological polar surface area (TPSA) is 15.3 Å². The number of rotatable bonds is 5. The van der Waals surface area contributed by atoms with Gasteiger partial charge >= 0.3 is 0 Å². The van der Waals surface area contributed by atoms with E-state index in [9.17, 15) is 0 Å². The van der Waals surface area contributed by atoms with Gasteiger partial charge in [0.15, 0.2) is 0 Å². The molecule has 16 heavy (non-hydrogen) atoms. The van der Waals surface area contributed by atoms with Crippen molar-refractivity contribution in [2.75, 3.05) is 27.2 Å². The lowest BCUT2D eigenvalue weighted by atomic mass is 9.88. The molecule has 2 rings (SSSR count). The standard InChI is InChI=1S/C14H28N2/c1-14(2,15-3)10-16(4)9-13-8-11-5-6-12(13)7-11/h11-13,15H,5-10H2,1-4H3. The second-order valence-corrected chi connectivity index (χ2v) is 6.77. The first-order valence-electron chi connectivity index (χ1n) is 6.87. The fourth-order valence-corrected chi connectivity index (χ4v) is 3.82. The summed E-state index contributed by atoms with van der Waals surface area (Å²) in [6, 6.07) is 0. The molecule has 2 aliphatic rings. The molecule has 1 N–H and O–H groups in total. The van der Waals surface area contributed by atoms with Gasteiger partial charge in [-0.2, -0.15) is 0 Å². The normalized spacial score (nSPS) is 33.9. The van der Waals surface area contributed by atoms with Crippen LogP contribution in [0, 0.1) is 17.8 Å². The van der Waals surface area contributed by atoms with E-state index in [1.165, 1.54) is 32.2 Å². The molecule has 2 nitrogen and oxygen atoms in total. The molecule has 0 radical (unpaired) electrons. The van der Waals surface area contributed by atoms with Crippen molar-refractivity contribution in [3.05, 3.63) is 0 Å². The first-order valence-corrected chi connectivity index (χ1v) is 6.87. The molecule has 2 aliphatic carbocycles. The van der Waals surface area contributed by atoms with Gasteiger partial charge < -0.3 is 10.2 Å². The summed E-state index contributed by atoms with van der Waals surface area (Å²) in [7, 11) is 4.34. The second kappa shape index (κ2) is 4.66. The maximum absolute atomic E-state index is 3.39. The lowest BCUT2D eigenvalue weighted by Gasteiger charge is -2.33. The smallest absolute Gasteiger partial charge is 0.0249 e. The highest BCUT2D eigenvalue weighted by Crippen LogP contribution is 2.48. The minimum absolute atomic E-state index is 0.242. The Labute approximate surface area is 101 Å². The minimum atomic E-state index is 0.242. The van der Waals surface area contributed by atoms with E-state index in [1.54, 1.807) is 0 Å². The van der Waals surface area contributed by atoms with Gasteiger partial charge in [0.25, 0.3) is 0 Å². The van der Waals surface area contributed by atoms with Crippen molar-refractivity contribution in [3.8, 4) is 0 Å². The predicted molar refractivity (Wildman–Crippen MR) is 69.6 cm³/mol. The summed E-state index contributed by atoms with van der Waals surface area (Å²) in [5.41, 5.74) is 0.242. The fourth-order valence-electron chi connectivity index (χ4n) is 3.82. The van der Waals surface area contributed by atoms with Gasteiger partial charge in [-0.1, -0.05) is 6.42 Å². The molecular formula is C14H28N2. The first-order chi connectivity index (χ1) is 7.50. The van der Waals surface area contributed by atoms with Gasteiger partial charge in [-0.25, -0.2) is 0 Å². The van der Waals surface area contributed by atoms with Crippen LogP contribution in [0.3, 0.4) is 0 Å². The largest absolute Gasteiger partial charge is 0.314 e. The van der Waals surface area contributed by atoms with Gasteiger partial charge in [-0.3, -0.25) is 0 Å². The minimum Gasteiger partial charge on any atom is -0.314 e. The zero-order chi connectivity index (χ0) is 11.8. The van der Waals surface area contributed by atoms with Crippen LogP contribution in [0.5, 0.6) is 0 Å². The molecule has 2 bridgehead atoms. The summed E-state index contributed by atoms with van der Waals surface area (Å²) >= 11 is 0. The monoisotopic (exact) mass is 224 g/mol. The van der Waals surface area contributed by atoms with Gasteiger partial charge in [0.2, 0.25) is 0 Å². The molecule has 0 heterocycles. The number of hydrogen-bond donors (Lipinski definition) is 1. The SMILES string of the molecule is CNC(C)(C)CN(C)CC1CC2CCC1C2. The zero-order valence-corrected chi connectivity index (χ0v) is 11.4. The molecule has 0 aliphatic heterocycles. The quantitative estimate of drug-likeness (QED) is 0.771. The second-order valence-electron chi connectivity index (χ2n) is 6.77. The van der Waals surface area contributed by atoms with Crippen LogP contribution in [0.1, 0.15) is 39.5 Å². The maximum atomic E-state index is 3.39. The lowest BCUT2D eigenvalue weighted by molar-refractivity contribution is 0.183. The fraction of sp³-hybridized carbons (Fsp3) is 1.00. The van der Waals surface area contributed by atoms with Gasteiger partial charge in [0, 0.05) is 18.6 Å². The summed E-state index contributed by atoms with van der Waals surface area (Å²) in [5.74, 6) is 3.14. The molecule has 3 unspecified atom stereocenters. The highest BCUT2D eigenvalue weighted by Gasteiger charge is 2.39. The van der Waals surface area contributed by atoms with Gasteiger partial charge in [-0.15, -0.1) is 0 Å². The number of fused-ring (bicyclic) bond motifs is 2. The van der Waals surface area contributed by atoms with Crippen molar-refractivity contribution in [2.45, 2.75) is 45.1 Å². The lowest BCUT2D eigenvalue weighted by Crippen LogP contribution is -2.47. The van der Waals surface area contributed by atoms with Crippen LogP contribution in [-0.4, -0.2) is 37.6 Å². The van der Waals surface area contributed by atoms with E-state index in [-0.39, 0.29) is 5.54 Å². The maximum Gasteiger partial charge on any atom is 0.0249 e. The summed E-state index contributed by atoms with van der Waals surface area (Å²) in [4.78, 5) is 2.53. The summed E-state index contributed by atoms with van der Waals surface area (Å²) < 4.78 is 0. The predicted octanol–water partition coefficient (Wildman–Crippen LogP) is 2.35. The van der Waals surface area contributed by atoms with Crippen LogP contribution in [0.25, 0.3) is 0 Å². The molecule has 2 heteroatoms. The Hall–Kier alpha value is -0.0800. The Morgan fingerprint density at radius 1 is 1.25 bits per heavy atom. The molecule has 0 aromatic heterocycles. The van der Waals surface area contributed by atoms with Crippen LogP contribution in [-0.2, 0) is 0 Å². The Bertz CT molecular complexity index is 237. The third-order valence-electron chi connectivity index (χ3n) is 4.77. The molecule has 0 aromatic carbocycles. The molecular weight excluding hydrogens is 196 g/mol. The Balaban J connectivity index is 1.77. The van der Waals surface area contributed by atoms with Crippen molar-refractivity contribution in [2.24, 2.45) is 17.8 Å². The molecule has 0 saturated heterocycles. The molecule has 94 valence electrons. The molecule has 0 spiro atoms. The van der Waals surface area contributed by atoms with Crippen LogP contribution in [0.15, 0.2) is 0 Å². The van der Waals surface area contributed by atoms with Crippen LogP contribution in [0.2, 0.25) is 0 Å². The highest BCUT2D eigenvalue weighted by molar-refractivity contribution is 4.91. The third-order valence-corrected chi connectivity index (χ3v) is 4.77. The van der Waals surface area contributed by atoms with Gasteiger partial charge in [0.1, 0.15) is 0 Å². The van der Waals surface area contributed by atoms with Crippen LogP contribution < -0.4 is 5.32 Å². The van der Waals surface area contributed by atoms with E-state index >= 15 is 0 Å². The summed E-state index contributed by atoms with van der Waals surface area (Å²) in [6.07, 6.45) is 6.08. The van der Waals surface area contributed by atoms with Crippen molar-refractivity contribution in [1.29, 1.82) is 0 Å². The molecule has 2 fully saturated rings. The van der Waals surface area contributed by atoms with Crippen molar-refractivity contribution in [3.63, 3.8) is 0 Å². The van der Waals surface area contributed by atoms with E-state index in [0.717, 1.165) is 24.3 Å². The van der Waals surface area contributed by atoms with Gasteiger partial charge in [0.05, 0.1) is 0 Å². The van der Waals surface area contributed by atoms with E-state index in [0.29, 0.717) is 0 Å². The average molecular weight is 224 g/mol. The third kappa shape index (κ3) is 2.78. The Morgan fingerprint density at radius 2 is 2.00 bits per heavy atom. The van der Waals surface area contributed by atoms with Crippen LogP contribution >= 0.6 is 0 Å². The Morgan fingerprint density at radius 3 is 2.50 bits per heavy atom. The molecule has 0 amide bonds. The summed E-state index contributed by atoms with van der Waals surface area (Å²) in [5, 5.41) is 3.39. The number of hydrogen-bond acceptors (Lipinski definition) is 2. The number of likely N-dealkylation sites (N-methyl/N-ethyl adjacent to an activating group) is 2. The Kier molecular flexibility index (Phi) is 3.60. The van der Waals surface area contributed by atoms with E-state index < -0.39 is 0 Å². The molecule has 3 atom stereocenters. The number of nitrogens with zero attached hydrogens (tertiary/aromatic N) is 1. The van der Waals surface area contributed by atoms with Gasteiger partial charge in [-0.05, 0) is 65.0 Å². The summed E-state index contributed by atoms with van der Waals surface area (Å²) in [6.45, 7) is 7.03. The van der Waals surface area contributed by atoms with Crippen LogP contribution in [0.4, 0.5) is 0 Å². The molecule has 2 saturated carbocycles. The zero-order valence-electron chi connectivity index (χ0n) is 11.4. The first kappa shape index (κ1) is 12.4.